The summed E-state index contributed by atoms with van der Waals surface area (Å²) in [5, 5.41) is 3.50. The lowest BCUT2D eigenvalue weighted by Gasteiger charge is -2.26. The maximum atomic E-state index is 4.76. The Morgan fingerprint density at radius 3 is 2.59 bits per heavy atom. The molecule has 1 N–H and O–H groups in total. The molecule has 1 atom stereocenters. The van der Waals surface area contributed by atoms with E-state index in [4.69, 9.17) is 4.98 Å². The van der Waals surface area contributed by atoms with E-state index in [1.165, 1.54) is 25.0 Å². The van der Waals surface area contributed by atoms with Gasteiger partial charge in [0.1, 0.15) is 5.82 Å². The molecule has 1 saturated carbocycles. The van der Waals surface area contributed by atoms with Crippen LogP contribution in [0.4, 0.5) is 5.95 Å². The Kier molecular flexibility index (Phi) is 4.14. The summed E-state index contributed by atoms with van der Waals surface area (Å²) in [5.74, 6) is 2.76. The fraction of sp³-hybridized carbons (Fsp3) is 0.588. The van der Waals surface area contributed by atoms with Gasteiger partial charge in [-0.3, -0.25) is 0 Å². The van der Waals surface area contributed by atoms with Crippen LogP contribution in [-0.4, -0.2) is 19.5 Å². The smallest absolute Gasteiger partial charge is 0.223 e. The predicted octanol–water partition coefficient (Wildman–Crippen LogP) is 3.60. The summed E-state index contributed by atoms with van der Waals surface area (Å²) in [6.07, 6.45) is 7.64. The van der Waals surface area contributed by atoms with Crippen LogP contribution in [-0.2, 0) is 7.05 Å². The molecule has 2 heterocycles. The van der Waals surface area contributed by atoms with E-state index in [0.717, 1.165) is 17.5 Å². The molecule has 22 heavy (non-hydrogen) atoms. The fourth-order valence-electron chi connectivity index (χ4n) is 2.92. The highest BCUT2D eigenvalue weighted by Gasteiger charge is 2.24. The third kappa shape index (κ3) is 2.98. The summed E-state index contributed by atoms with van der Waals surface area (Å²) < 4.78 is 2.06. The third-order valence-electron chi connectivity index (χ3n) is 4.49. The normalized spacial score (nSPS) is 16.6. The maximum absolute atomic E-state index is 4.76. The second-order valence-electron chi connectivity index (χ2n) is 6.65. The number of rotatable bonds is 5. The van der Waals surface area contributed by atoms with Gasteiger partial charge in [0, 0.05) is 36.7 Å². The molecule has 0 aliphatic heterocycles. The first-order valence-electron chi connectivity index (χ1n) is 8.14. The minimum Gasteiger partial charge on any atom is -0.344 e. The molecule has 1 aliphatic rings. The van der Waals surface area contributed by atoms with Crippen molar-refractivity contribution in [2.75, 3.05) is 5.32 Å². The number of aromatic nitrogens is 4. The number of imidazole rings is 1. The summed E-state index contributed by atoms with van der Waals surface area (Å²) in [6.45, 7) is 6.42. The van der Waals surface area contributed by atoms with E-state index in [1.807, 2.05) is 26.4 Å². The van der Waals surface area contributed by atoms with Crippen molar-refractivity contribution >= 4 is 5.95 Å². The molecule has 0 bridgehead atoms. The lowest BCUT2D eigenvalue weighted by atomic mass is 9.83. The zero-order chi connectivity index (χ0) is 15.7. The number of aryl methyl sites for hydroxylation is 2. The first-order valence-corrected chi connectivity index (χ1v) is 8.14. The minimum atomic E-state index is 0.107. The molecular weight excluding hydrogens is 274 g/mol. The highest BCUT2D eigenvalue weighted by atomic mass is 15.2. The van der Waals surface area contributed by atoms with Gasteiger partial charge in [-0.25, -0.2) is 15.0 Å². The highest BCUT2D eigenvalue weighted by Crippen LogP contribution is 2.36. The SMILES string of the molecule is Cc1cc(C2CCC2)nc(NC(c2nccn2C)C(C)C)n1. The number of nitrogens with zero attached hydrogens (tertiary/aromatic N) is 4. The van der Waals surface area contributed by atoms with Gasteiger partial charge in [0.15, 0.2) is 0 Å². The number of nitrogens with one attached hydrogen (secondary N) is 1. The Hall–Kier alpha value is -1.91. The van der Waals surface area contributed by atoms with Crippen LogP contribution in [0.3, 0.4) is 0 Å². The van der Waals surface area contributed by atoms with E-state index in [9.17, 15) is 0 Å². The first-order chi connectivity index (χ1) is 10.5. The van der Waals surface area contributed by atoms with E-state index in [0.29, 0.717) is 11.8 Å². The summed E-state index contributed by atoms with van der Waals surface area (Å²) in [6, 6.07) is 2.23. The summed E-state index contributed by atoms with van der Waals surface area (Å²) in [7, 11) is 2.02. The van der Waals surface area contributed by atoms with Crippen LogP contribution in [0, 0.1) is 12.8 Å². The van der Waals surface area contributed by atoms with Gasteiger partial charge in [-0.05, 0) is 31.7 Å². The van der Waals surface area contributed by atoms with Crippen LogP contribution in [0.5, 0.6) is 0 Å². The molecule has 1 fully saturated rings. The fourth-order valence-corrected chi connectivity index (χ4v) is 2.92. The average Bonchev–Trinajstić information content (AvgIpc) is 2.79. The van der Waals surface area contributed by atoms with Crippen LogP contribution in [0.15, 0.2) is 18.5 Å². The van der Waals surface area contributed by atoms with Crippen molar-refractivity contribution in [1.82, 2.24) is 19.5 Å². The largest absolute Gasteiger partial charge is 0.344 e. The van der Waals surface area contributed by atoms with Gasteiger partial charge in [0.25, 0.3) is 0 Å². The van der Waals surface area contributed by atoms with Crippen LogP contribution < -0.4 is 5.32 Å². The van der Waals surface area contributed by atoms with Crippen molar-refractivity contribution in [2.45, 2.75) is 52.0 Å². The molecule has 5 nitrogen and oxygen atoms in total. The lowest BCUT2D eigenvalue weighted by Crippen LogP contribution is -2.22. The second-order valence-corrected chi connectivity index (χ2v) is 6.65. The zero-order valence-corrected chi connectivity index (χ0v) is 13.9. The third-order valence-corrected chi connectivity index (χ3v) is 4.49. The Bertz CT molecular complexity index is 642. The number of hydrogen-bond donors (Lipinski definition) is 1. The topological polar surface area (TPSA) is 55.6 Å². The van der Waals surface area contributed by atoms with Crippen molar-refractivity contribution < 1.29 is 0 Å². The molecule has 2 aromatic heterocycles. The van der Waals surface area contributed by atoms with E-state index in [-0.39, 0.29) is 6.04 Å². The molecule has 118 valence electrons. The van der Waals surface area contributed by atoms with Crippen LogP contribution in [0.25, 0.3) is 0 Å². The van der Waals surface area contributed by atoms with Crippen LogP contribution >= 0.6 is 0 Å². The van der Waals surface area contributed by atoms with Crippen molar-refractivity contribution in [3.63, 3.8) is 0 Å². The maximum Gasteiger partial charge on any atom is 0.223 e. The van der Waals surface area contributed by atoms with Gasteiger partial charge < -0.3 is 9.88 Å². The van der Waals surface area contributed by atoms with Crippen molar-refractivity contribution in [3.8, 4) is 0 Å². The quantitative estimate of drug-likeness (QED) is 0.916. The molecule has 2 aromatic rings. The monoisotopic (exact) mass is 299 g/mol. The Morgan fingerprint density at radius 2 is 2.05 bits per heavy atom. The van der Waals surface area contributed by atoms with Crippen LogP contribution in [0.1, 0.15) is 62.3 Å². The molecule has 0 spiro atoms. The zero-order valence-electron chi connectivity index (χ0n) is 13.9. The Morgan fingerprint density at radius 1 is 1.27 bits per heavy atom. The molecule has 5 heteroatoms. The van der Waals surface area contributed by atoms with Crippen molar-refractivity contribution in [3.05, 3.63) is 35.7 Å². The molecule has 1 aliphatic carbocycles. The highest BCUT2D eigenvalue weighted by molar-refractivity contribution is 5.32. The van der Waals surface area contributed by atoms with Gasteiger partial charge in [-0.2, -0.15) is 0 Å². The number of hydrogen-bond acceptors (Lipinski definition) is 4. The molecule has 3 rings (SSSR count). The van der Waals surface area contributed by atoms with Crippen molar-refractivity contribution in [1.29, 1.82) is 0 Å². The Balaban J connectivity index is 1.86. The van der Waals surface area contributed by atoms with E-state index in [2.05, 4.69) is 39.8 Å². The van der Waals surface area contributed by atoms with Gasteiger partial charge in [-0.15, -0.1) is 0 Å². The van der Waals surface area contributed by atoms with Gasteiger partial charge in [0.05, 0.1) is 6.04 Å². The molecule has 0 saturated heterocycles. The summed E-state index contributed by atoms with van der Waals surface area (Å²) in [5.41, 5.74) is 2.21. The van der Waals surface area contributed by atoms with E-state index in [1.54, 1.807) is 0 Å². The molecule has 0 amide bonds. The summed E-state index contributed by atoms with van der Waals surface area (Å²) >= 11 is 0. The standard InChI is InChI=1S/C17H25N5/c1-11(2)15(16-18-8-9-22(16)4)21-17-19-12(3)10-14(20-17)13-6-5-7-13/h8-11,13,15H,5-7H2,1-4H3,(H,19,20,21). The van der Waals surface area contributed by atoms with Crippen molar-refractivity contribution in [2.24, 2.45) is 13.0 Å². The number of anilines is 1. The first kappa shape index (κ1) is 15.0. The van der Waals surface area contributed by atoms with Crippen LogP contribution in [0.2, 0.25) is 0 Å². The average molecular weight is 299 g/mol. The van der Waals surface area contributed by atoms with Gasteiger partial charge >= 0.3 is 0 Å². The van der Waals surface area contributed by atoms with Gasteiger partial charge in [0.2, 0.25) is 5.95 Å². The van der Waals surface area contributed by atoms with Gasteiger partial charge in [-0.1, -0.05) is 20.3 Å². The minimum absolute atomic E-state index is 0.107. The van der Waals surface area contributed by atoms with E-state index < -0.39 is 0 Å². The second kappa shape index (κ2) is 6.07. The Labute approximate surface area is 132 Å². The molecule has 0 aromatic carbocycles. The summed E-state index contributed by atoms with van der Waals surface area (Å²) in [4.78, 5) is 13.8. The predicted molar refractivity (Wildman–Crippen MR) is 87.8 cm³/mol. The molecular formula is C17H25N5. The lowest BCUT2D eigenvalue weighted by molar-refractivity contribution is 0.410. The molecule has 1 unspecified atom stereocenters. The molecule has 0 radical (unpaired) electrons. The van der Waals surface area contributed by atoms with E-state index >= 15 is 0 Å².